The Hall–Kier alpha value is -1.21. The molecule has 0 aromatic carbocycles. The van der Waals surface area contributed by atoms with Crippen molar-refractivity contribution in [3.63, 3.8) is 0 Å². The van der Waals surface area contributed by atoms with Crippen LogP contribution in [0.15, 0.2) is 0 Å². The second-order valence-corrected chi connectivity index (χ2v) is 2.90. The molecule has 0 bridgehead atoms. The predicted molar refractivity (Wildman–Crippen MR) is 44.4 cm³/mol. The van der Waals surface area contributed by atoms with Crippen LogP contribution in [0.3, 0.4) is 0 Å². The minimum atomic E-state index is -1.12. The van der Waals surface area contributed by atoms with Gasteiger partial charge >= 0.3 is 6.03 Å². The molecular formula is C8H12N2O2. The van der Waals surface area contributed by atoms with Crippen LogP contribution >= 0.6 is 0 Å². The number of hydrogen-bond acceptors (Lipinski definition) is 2. The number of nitrogens with zero attached hydrogens (tertiary/aromatic N) is 1. The first kappa shape index (κ1) is 8.88. The van der Waals surface area contributed by atoms with Crippen molar-refractivity contribution in [2.75, 3.05) is 20.1 Å². The minimum absolute atomic E-state index is 0.193. The van der Waals surface area contributed by atoms with E-state index in [0.29, 0.717) is 13.0 Å². The summed E-state index contributed by atoms with van der Waals surface area (Å²) in [5.74, 6) is 2.28. The number of carbonyl (C=O) groups is 1. The number of aliphatic hydroxyl groups is 1. The van der Waals surface area contributed by atoms with Crippen molar-refractivity contribution < 1.29 is 9.90 Å². The number of urea groups is 1. The summed E-state index contributed by atoms with van der Waals surface area (Å²) < 4.78 is 0. The van der Waals surface area contributed by atoms with Gasteiger partial charge in [0.05, 0.1) is 6.54 Å². The molecule has 0 aromatic heterocycles. The molecule has 4 nitrogen and oxygen atoms in total. The van der Waals surface area contributed by atoms with Gasteiger partial charge in [0.1, 0.15) is 5.60 Å². The van der Waals surface area contributed by atoms with Crippen molar-refractivity contribution in [3.8, 4) is 12.3 Å². The Balaban J connectivity index is 2.58. The van der Waals surface area contributed by atoms with Gasteiger partial charge in [0, 0.05) is 20.0 Å². The Labute approximate surface area is 71.6 Å². The predicted octanol–water partition coefficient (Wildman–Crippen LogP) is -0.604. The smallest absolute Gasteiger partial charge is 0.317 e. The number of hydrogen-bond donors (Lipinski definition) is 2. The molecule has 1 heterocycles. The molecule has 0 radical (unpaired) electrons. The average molecular weight is 168 g/mol. The lowest BCUT2D eigenvalue weighted by Gasteiger charge is -2.17. The van der Waals surface area contributed by atoms with E-state index in [1.165, 1.54) is 4.90 Å². The van der Waals surface area contributed by atoms with Gasteiger partial charge in [0.25, 0.3) is 0 Å². The monoisotopic (exact) mass is 168 g/mol. The molecule has 1 atom stereocenters. The van der Waals surface area contributed by atoms with Crippen molar-refractivity contribution in [1.82, 2.24) is 10.2 Å². The van der Waals surface area contributed by atoms with E-state index >= 15 is 0 Å². The van der Waals surface area contributed by atoms with Gasteiger partial charge < -0.3 is 15.3 Å². The molecular weight excluding hydrogens is 156 g/mol. The Bertz CT molecular complexity index is 234. The fourth-order valence-corrected chi connectivity index (χ4v) is 1.24. The Morgan fingerprint density at radius 1 is 1.83 bits per heavy atom. The summed E-state index contributed by atoms with van der Waals surface area (Å²) in [6, 6.07) is -0.193. The third-order valence-electron chi connectivity index (χ3n) is 2.02. The van der Waals surface area contributed by atoms with Crippen molar-refractivity contribution in [1.29, 1.82) is 0 Å². The highest BCUT2D eigenvalue weighted by Gasteiger charge is 2.36. The van der Waals surface area contributed by atoms with E-state index in [2.05, 4.69) is 11.2 Å². The van der Waals surface area contributed by atoms with Crippen LogP contribution in [0.1, 0.15) is 6.42 Å². The van der Waals surface area contributed by atoms with Gasteiger partial charge in [0.15, 0.2) is 0 Å². The zero-order chi connectivity index (χ0) is 9.19. The van der Waals surface area contributed by atoms with Crippen LogP contribution in [0.2, 0.25) is 0 Å². The highest BCUT2D eigenvalue weighted by atomic mass is 16.3. The highest BCUT2D eigenvalue weighted by Crippen LogP contribution is 2.19. The molecule has 1 fully saturated rings. The van der Waals surface area contributed by atoms with Gasteiger partial charge in [-0.15, -0.1) is 6.42 Å². The number of terminal acetylenes is 1. The van der Waals surface area contributed by atoms with Gasteiger partial charge in [-0.1, -0.05) is 5.92 Å². The van der Waals surface area contributed by atoms with Gasteiger partial charge in [-0.3, -0.25) is 0 Å². The minimum Gasteiger partial charge on any atom is -0.376 e. The van der Waals surface area contributed by atoms with Crippen molar-refractivity contribution >= 4 is 6.03 Å². The maximum absolute atomic E-state index is 11.1. The summed E-state index contributed by atoms with van der Waals surface area (Å²) in [7, 11) is 1.55. The number of rotatable bonds is 0. The normalized spacial score (nSPS) is 28.2. The van der Waals surface area contributed by atoms with E-state index < -0.39 is 5.60 Å². The van der Waals surface area contributed by atoms with Gasteiger partial charge in [-0.2, -0.15) is 0 Å². The van der Waals surface area contributed by atoms with Crippen molar-refractivity contribution in [3.05, 3.63) is 0 Å². The largest absolute Gasteiger partial charge is 0.376 e. The fourth-order valence-electron chi connectivity index (χ4n) is 1.24. The van der Waals surface area contributed by atoms with Crippen LogP contribution in [-0.2, 0) is 0 Å². The van der Waals surface area contributed by atoms with E-state index in [1.807, 2.05) is 0 Å². The van der Waals surface area contributed by atoms with Crippen LogP contribution in [0, 0.1) is 12.3 Å². The van der Waals surface area contributed by atoms with Crippen molar-refractivity contribution in [2.45, 2.75) is 12.0 Å². The van der Waals surface area contributed by atoms with E-state index in [4.69, 9.17) is 6.42 Å². The first-order valence-corrected chi connectivity index (χ1v) is 3.78. The maximum atomic E-state index is 11.1. The van der Waals surface area contributed by atoms with Gasteiger partial charge in [-0.05, 0) is 0 Å². The fraction of sp³-hybridized carbons (Fsp3) is 0.625. The molecule has 2 amide bonds. The number of nitrogens with one attached hydrogen (secondary N) is 1. The lowest BCUT2D eigenvalue weighted by Crippen LogP contribution is -2.39. The van der Waals surface area contributed by atoms with Crippen LogP contribution < -0.4 is 5.32 Å². The lowest BCUT2D eigenvalue weighted by molar-refractivity contribution is 0.111. The Morgan fingerprint density at radius 3 is 2.92 bits per heavy atom. The summed E-state index contributed by atoms with van der Waals surface area (Å²) in [5.41, 5.74) is -1.12. The van der Waals surface area contributed by atoms with Crippen molar-refractivity contribution in [2.24, 2.45) is 0 Å². The van der Waals surface area contributed by atoms with Gasteiger partial charge in [-0.25, -0.2) is 4.79 Å². The quantitative estimate of drug-likeness (QED) is 0.474. The van der Waals surface area contributed by atoms with E-state index in [0.717, 1.165) is 0 Å². The Morgan fingerprint density at radius 2 is 2.50 bits per heavy atom. The topological polar surface area (TPSA) is 52.6 Å². The molecule has 1 aliphatic rings. The van der Waals surface area contributed by atoms with Gasteiger partial charge in [0.2, 0.25) is 0 Å². The SMILES string of the molecule is C#CC1(O)CCN(C(=O)NC)C1. The molecule has 1 unspecified atom stereocenters. The number of amides is 2. The molecule has 1 aliphatic heterocycles. The molecule has 0 spiro atoms. The molecule has 4 heteroatoms. The zero-order valence-electron chi connectivity index (χ0n) is 7.00. The molecule has 1 saturated heterocycles. The summed E-state index contributed by atoms with van der Waals surface area (Å²) >= 11 is 0. The number of likely N-dealkylation sites (tertiary alicyclic amines) is 1. The second-order valence-electron chi connectivity index (χ2n) is 2.90. The summed E-state index contributed by atoms with van der Waals surface area (Å²) in [6.07, 6.45) is 5.57. The van der Waals surface area contributed by atoms with E-state index in [9.17, 15) is 9.90 Å². The standard InChI is InChI=1S/C8H12N2O2/c1-3-8(12)4-5-10(6-8)7(11)9-2/h1,12H,4-6H2,2H3,(H,9,11). The summed E-state index contributed by atoms with van der Waals surface area (Å²) in [5, 5.41) is 12.0. The first-order chi connectivity index (χ1) is 5.61. The molecule has 12 heavy (non-hydrogen) atoms. The molecule has 2 N–H and O–H groups in total. The average Bonchev–Trinajstić information content (AvgIpc) is 2.48. The van der Waals surface area contributed by atoms with E-state index in [-0.39, 0.29) is 12.6 Å². The summed E-state index contributed by atoms with van der Waals surface area (Å²) in [6.45, 7) is 0.740. The molecule has 0 aromatic rings. The second kappa shape index (κ2) is 3.03. The number of carbonyl (C=O) groups excluding carboxylic acids is 1. The van der Waals surface area contributed by atoms with Crippen LogP contribution in [-0.4, -0.2) is 41.8 Å². The van der Waals surface area contributed by atoms with Crippen LogP contribution in [0.5, 0.6) is 0 Å². The molecule has 1 rings (SSSR count). The number of β-amino-alcohol motifs (C(OH)–C–C–N with tert-alkyl or cyclic N) is 1. The maximum Gasteiger partial charge on any atom is 0.317 e. The van der Waals surface area contributed by atoms with E-state index in [1.54, 1.807) is 7.05 Å². The zero-order valence-corrected chi connectivity index (χ0v) is 7.00. The highest BCUT2D eigenvalue weighted by molar-refractivity contribution is 5.74. The molecule has 0 aliphatic carbocycles. The molecule has 0 saturated carbocycles. The lowest BCUT2D eigenvalue weighted by atomic mass is 10.1. The van der Waals surface area contributed by atoms with Crippen LogP contribution in [0.25, 0.3) is 0 Å². The third kappa shape index (κ3) is 1.51. The third-order valence-corrected chi connectivity index (χ3v) is 2.02. The Kier molecular flexibility index (Phi) is 2.25. The first-order valence-electron chi connectivity index (χ1n) is 3.78. The summed E-state index contributed by atoms with van der Waals surface area (Å²) in [4.78, 5) is 12.6. The van der Waals surface area contributed by atoms with Crippen LogP contribution in [0.4, 0.5) is 4.79 Å². The molecule has 66 valence electrons.